The summed E-state index contributed by atoms with van der Waals surface area (Å²) in [5.41, 5.74) is 1.74. The lowest BCUT2D eigenvalue weighted by Crippen LogP contribution is -2.34. The van der Waals surface area contributed by atoms with E-state index in [9.17, 15) is 27.0 Å². The monoisotopic (exact) mass is 992 g/mol. The topological polar surface area (TPSA) is 251 Å². The number of hydrogen-bond donors (Lipinski definition) is 2. The molecule has 2 aliphatic carbocycles. The van der Waals surface area contributed by atoms with Gasteiger partial charge in [0.15, 0.2) is 43.0 Å². The second-order valence-corrected chi connectivity index (χ2v) is 21.1. The molecule has 69 heavy (non-hydrogen) atoms. The average molecular weight is 993 g/mol. The van der Waals surface area contributed by atoms with Gasteiger partial charge < -0.3 is 38.6 Å². The molecule has 4 aromatic heterocycles. The Morgan fingerprint density at radius 3 is 1.13 bits per heavy atom. The van der Waals surface area contributed by atoms with Crippen LogP contribution in [0, 0.1) is 11.8 Å². The second kappa shape index (κ2) is 21.9. The van der Waals surface area contributed by atoms with Crippen molar-refractivity contribution < 1.29 is 55.5 Å². The Hall–Kier alpha value is -6.36. The second-order valence-electron chi connectivity index (χ2n) is 16.4. The highest BCUT2D eigenvalue weighted by molar-refractivity contribution is 7.91. The lowest BCUT2D eigenvalue weighted by atomic mass is 10.2. The molecule has 0 unspecified atom stereocenters. The molecule has 22 heteroatoms. The Kier molecular flexibility index (Phi) is 16.5. The average Bonchev–Trinajstić information content (AvgIpc) is 4.31. The molecule has 0 spiro atoms. The van der Waals surface area contributed by atoms with Gasteiger partial charge in [0, 0.05) is 12.1 Å². The van der Waals surface area contributed by atoms with Gasteiger partial charge in [0.25, 0.3) is 0 Å². The number of pyridine rings is 2. The molecule has 8 rings (SSSR count). The summed E-state index contributed by atoms with van der Waals surface area (Å²) in [6.45, 7) is 3.07. The zero-order valence-corrected chi connectivity index (χ0v) is 40.6. The quantitative estimate of drug-likeness (QED) is 0.0958. The third-order valence-electron chi connectivity index (χ3n) is 12.0. The fourth-order valence-electron chi connectivity index (χ4n) is 7.72. The molecular weight excluding hydrogens is 933 g/mol. The number of nitrogens with zero attached hydrogens (tertiary/aromatic N) is 8. The first kappa shape index (κ1) is 52.0. The first-order valence-electron chi connectivity index (χ1n) is 21.7. The van der Waals surface area contributed by atoms with Gasteiger partial charge in [-0.3, -0.25) is 9.13 Å². The molecule has 2 aliphatic rings. The van der Waals surface area contributed by atoms with Crippen molar-refractivity contribution in [3.05, 3.63) is 84.4 Å². The summed E-state index contributed by atoms with van der Waals surface area (Å²) >= 11 is 0. The number of methoxy groups -OCH3 is 6. The van der Waals surface area contributed by atoms with E-state index in [1.165, 1.54) is 56.5 Å². The van der Waals surface area contributed by atoms with Crippen LogP contribution in [0.3, 0.4) is 0 Å². The molecule has 0 saturated heterocycles. The zero-order chi connectivity index (χ0) is 48.9. The number of benzene rings is 2. The number of aliphatic hydroxyl groups excluding tert-OH is 2. The number of aliphatic hydroxyl groups is 2. The molecule has 0 radical (unpaired) electrons. The van der Waals surface area contributed by atoms with E-state index in [1.807, 2.05) is 0 Å². The van der Waals surface area contributed by atoms with Gasteiger partial charge in [-0.05, 0) is 87.8 Å². The fraction of sp³-hybridized carbons (Fsp3) is 0.447. The summed E-state index contributed by atoms with van der Waals surface area (Å²) in [5, 5.41) is 36.1. The van der Waals surface area contributed by atoms with Crippen molar-refractivity contribution in [2.24, 2.45) is 11.8 Å². The van der Waals surface area contributed by atoms with Crippen molar-refractivity contribution in [3.63, 3.8) is 0 Å². The van der Waals surface area contributed by atoms with Gasteiger partial charge in [0.05, 0.1) is 65.4 Å². The molecule has 0 bridgehead atoms. The van der Waals surface area contributed by atoms with Crippen molar-refractivity contribution in [3.8, 4) is 69.2 Å². The normalized spacial score (nSPS) is 15.3. The third kappa shape index (κ3) is 11.2. The number of hydrogen-bond acceptors (Lipinski definition) is 18. The van der Waals surface area contributed by atoms with E-state index in [0.29, 0.717) is 69.2 Å². The van der Waals surface area contributed by atoms with Crippen LogP contribution >= 0.6 is 0 Å². The molecule has 2 aromatic carbocycles. The smallest absolute Gasteiger partial charge is 0.213 e. The fourth-order valence-corrected chi connectivity index (χ4v) is 10.6. The van der Waals surface area contributed by atoms with Crippen LogP contribution in [0.2, 0.25) is 0 Å². The molecule has 4 heterocycles. The van der Waals surface area contributed by atoms with Gasteiger partial charge in [-0.2, -0.15) is 0 Å². The van der Waals surface area contributed by atoms with Crippen molar-refractivity contribution >= 4 is 19.7 Å². The Labute approximate surface area is 402 Å². The van der Waals surface area contributed by atoms with Gasteiger partial charge in [-0.25, -0.2) is 26.8 Å². The van der Waals surface area contributed by atoms with E-state index >= 15 is 0 Å². The number of ether oxygens (including phenoxy) is 6. The Morgan fingerprint density at radius 2 is 0.841 bits per heavy atom. The number of aromatic nitrogens is 8. The Balaban J connectivity index is 0.000000224. The highest BCUT2D eigenvalue weighted by atomic mass is 32.2. The van der Waals surface area contributed by atoms with Crippen molar-refractivity contribution in [1.82, 2.24) is 39.5 Å². The maximum absolute atomic E-state index is 13.3. The molecule has 2 fully saturated rings. The van der Waals surface area contributed by atoms with Gasteiger partial charge in [0.2, 0.25) is 11.8 Å². The van der Waals surface area contributed by atoms with E-state index < -0.39 is 53.9 Å². The van der Waals surface area contributed by atoms with Crippen molar-refractivity contribution in [2.75, 3.05) is 42.7 Å². The van der Waals surface area contributed by atoms with Crippen molar-refractivity contribution in [2.45, 2.75) is 81.2 Å². The minimum atomic E-state index is -3.77. The first-order chi connectivity index (χ1) is 32.6. The molecule has 372 valence electrons. The summed E-state index contributed by atoms with van der Waals surface area (Å²) in [7, 11) is 1.51. The predicted molar refractivity (Wildman–Crippen MR) is 257 cm³/mol. The summed E-state index contributed by atoms with van der Waals surface area (Å²) < 4.78 is 89.0. The van der Waals surface area contributed by atoms with Crippen molar-refractivity contribution in [1.29, 1.82) is 0 Å². The predicted octanol–water partition coefficient (Wildman–Crippen LogP) is 5.49. The van der Waals surface area contributed by atoms with Gasteiger partial charge in [-0.1, -0.05) is 31.7 Å². The van der Waals surface area contributed by atoms with E-state index in [-0.39, 0.29) is 30.9 Å². The van der Waals surface area contributed by atoms with E-state index in [1.54, 1.807) is 81.9 Å². The Morgan fingerprint density at radius 1 is 0.522 bits per heavy atom. The summed E-state index contributed by atoms with van der Waals surface area (Å²) in [6.07, 6.45) is 1.51. The number of rotatable bonds is 20. The summed E-state index contributed by atoms with van der Waals surface area (Å²) in [5.74, 6) is 2.55. The van der Waals surface area contributed by atoms with Gasteiger partial charge in [0.1, 0.15) is 57.3 Å². The molecular formula is C47H60N8O12S2. The standard InChI is InChI=1S/2C23H28N4O6S.CH4/c2*1-14(22(28)15-11-12-15)34(29,30)13-19-25-26-23(16-7-5-10-20(24-16)33-4)27(19)21-17(31-2)8-6-9-18(21)32-3;/h2*5-10,14-15,22,28H,11-13H2,1-4H3;1H4/t2*14-,22-;/m10./s1. The van der Waals surface area contributed by atoms with Crippen LogP contribution in [0.15, 0.2) is 72.8 Å². The zero-order valence-electron chi connectivity index (χ0n) is 39.0. The third-order valence-corrected chi connectivity index (χ3v) is 16.1. The summed E-state index contributed by atoms with van der Waals surface area (Å²) in [6, 6.07) is 20.8. The molecule has 0 amide bonds. The molecule has 6 aromatic rings. The van der Waals surface area contributed by atoms with E-state index in [2.05, 4.69) is 30.4 Å². The van der Waals surface area contributed by atoms with Gasteiger partial charge in [-0.15, -0.1) is 20.4 Å². The van der Waals surface area contributed by atoms with E-state index in [4.69, 9.17) is 28.4 Å². The molecule has 20 nitrogen and oxygen atoms in total. The SMILES string of the molecule is C.COc1cccc(-c2nnc(CS(=O)(=O)[C@@H](C)[C@H](O)C3CC3)n2-c2c(OC)cccc2OC)n1.COc1cccc(-c2nnc(CS(=O)(=O)[C@H](C)[C@@H](O)C3CC3)n2-c2c(OC)cccc2OC)n1. The van der Waals surface area contributed by atoms with Crippen LogP contribution in [-0.2, 0) is 31.2 Å². The minimum absolute atomic E-state index is 0. The van der Waals surface area contributed by atoms with Crippen LogP contribution in [0.5, 0.6) is 34.8 Å². The molecule has 2 N–H and O–H groups in total. The van der Waals surface area contributed by atoms with Crippen LogP contribution in [0.25, 0.3) is 34.4 Å². The number of para-hydroxylation sites is 2. The molecule has 0 aliphatic heterocycles. The highest BCUT2D eigenvalue weighted by Gasteiger charge is 2.41. The summed E-state index contributed by atoms with van der Waals surface area (Å²) in [4.78, 5) is 8.89. The van der Waals surface area contributed by atoms with Crippen LogP contribution < -0.4 is 28.4 Å². The number of sulfone groups is 2. The van der Waals surface area contributed by atoms with Gasteiger partial charge >= 0.3 is 0 Å². The molecule has 4 atom stereocenters. The Bertz CT molecular complexity index is 2700. The maximum Gasteiger partial charge on any atom is 0.213 e. The lowest BCUT2D eigenvalue weighted by molar-refractivity contribution is 0.149. The maximum atomic E-state index is 13.3. The van der Waals surface area contributed by atoms with Crippen LogP contribution in [0.1, 0.15) is 58.6 Å². The van der Waals surface area contributed by atoms with Crippen LogP contribution in [0.4, 0.5) is 0 Å². The first-order valence-corrected chi connectivity index (χ1v) is 25.2. The lowest BCUT2D eigenvalue weighted by Gasteiger charge is -2.20. The minimum Gasteiger partial charge on any atom is -0.494 e. The van der Waals surface area contributed by atoms with E-state index in [0.717, 1.165) is 25.7 Å². The highest BCUT2D eigenvalue weighted by Crippen LogP contribution is 2.41. The largest absolute Gasteiger partial charge is 0.494 e. The molecule has 2 saturated carbocycles. The van der Waals surface area contributed by atoms with Crippen LogP contribution in [-0.4, -0.2) is 132 Å².